The van der Waals surface area contributed by atoms with Crippen LogP contribution in [-0.2, 0) is 28.2 Å². The van der Waals surface area contributed by atoms with E-state index >= 15 is 0 Å². The second-order valence-electron chi connectivity index (χ2n) is 7.22. The SMILES string of the molecule is CC1(c2ccccc2)NC(=O)N(CC(=O)N(Cc2ccco2)Cc2ccco2)C1=O. The summed E-state index contributed by atoms with van der Waals surface area (Å²) in [5, 5.41) is 2.71. The number of carbonyl (C=O) groups excluding carboxylic acids is 3. The van der Waals surface area contributed by atoms with Gasteiger partial charge < -0.3 is 19.1 Å². The summed E-state index contributed by atoms with van der Waals surface area (Å²) in [5.41, 5.74) is -0.563. The second-order valence-corrected chi connectivity index (χ2v) is 7.22. The Kier molecular flexibility index (Phi) is 5.14. The van der Waals surface area contributed by atoms with Gasteiger partial charge in [0.15, 0.2) is 0 Å². The molecular weight excluding hydrogens is 386 g/mol. The van der Waals surface area contributed by atoms with Crippen LogP contribution in [0.3, 0.4) is 0 Å². The van der Waals surface area contributed by atoms with Crippen molar-refractivity contribution in [1.29, 1.82) is 0 Å². The number of urea groups is 1. The summed E-state index contributed by atoms with van der Waals surface area (Å²) < 4.78 is 10.7. The molecule has 8 nitrogen and oxygen atoms in total. The zero-order valence-corrected chi connectivity index (χ0v) is 16.4. The molecule has 0 bridgehead atoms. The van der Waals surface area contributed by atoms with E-state index in [0.29, 0.717) is 17.1 Å². The van der Waals surface area contributed by atoms with Crippen LogP contribution in [0, 0.1) is 0 Å². The van der Waals surface area contributed by atoms with Gasteiger partial charge in [-0.1, -0.05) is 30.3 Å². The maximum absolute atomic E-state index is 13.1. The van der Waals surface area contributed by atoms with Gasteiger partial charge in [0.05, 0.1) is 25.6 Å². The maximum Gasteiger partial charge on any atom is 0.325 e. The molecule has 1 fully saturated rings. The predicted octanol–water partition coefficient (Wildman–Crippen LogP) is 2.87. The number of carbonyl (C=O) groups is 3. The summed E-state index contributed by atoms with van der Waals surface area (Å²) >= 11 is 0. The van der Waals surface area contributed by atoms with E-state index < -0.39 is 23.4 Å². The van der Waals surface area contributed by atoms with Gasteiger partial charge in [0.2, 0.25) is 5.91 Å². The molecule has 30 heavy (non-hydrogen) atoms. The topological polar surface area (TPSA) is 96.0 Å². The molecule has 1 atom stereocenters. The largest absolute Gasteiger partial charge is 0.467 e. The molecule has 4 rings (SSSR count). The molecule has 4 amide bonds. The third kappa shape index (κ3) is 3.71. The third-order valence-corrected chi connectivity index (χ3v) is 5.13. The van der Waals surface area contributed by atoms with E-state index in [0.717, 1.165) is 4.90 Å². The number of benzene rings is 1. The lowest BCUT2D eigenvalue weighted by Gasteiger charge is -2.24. The molecule has 2 aromatic heterocycles. The Labute approximate surface area is 173 Å². The normalized spacial score (nSPS) is 18.5. The minimum Gasteiger partial charge on any atom is -0.467 e. The summed E-state index contributed by atoms with van der Waals surface area (Å²) in [6.07, 6.45) is 3.04. The molecule has 8 heteroatoms. The Hall–Kier alpha value is -3.81. The molecular formula is C22H21N3O5. The van der Waals surface area contributed by atoms with Crippen LogP contribution in [0.25, 0.3) is 0 Å². The Bertz CT molecular complexity index is 994. The molecule has 0 saturated carbocycles. The van der Waals surface area contributed by atoms with Gasteiger partial charge in [-0.25, -0.2) is 4.79 Å². The van der Waals surface area contributed by atoms with Crippen LogP contribution in [0.1, 0.15) is 24.0 Å². The van der Waals surface area contributed by atoms with Crippen LogP contribution < -0.4 is 5.32 Å². The first kappa shape index (κ1) is 19.5. The predicted molar refractivity (Wildman–Crippen MR) is 106 cm³/mol. The van der Waals surface area contributed by atoms with Crippen molar-refractivity contribution in [2.24, 2.45) is 0 Å². The molecule has 1 N–H and O–H groups in total. The van der Waals surface area contributed by atoms with Gasteiger partial charge in [-0.15, -0.1) is 0 Å². The van der Waals surface area contributed by atoms with Crippen LogP contribution in [0.5, 0.6) is 0 Å². The number of hydrogen-bond acceptors (Lipinski definition) is 5. The van der Waals surface area contributed by atoms with Gasteiger partial charge in [0.1, 0.15) is 23.6 Å². The van der Waals surface area contributed by atoms with Crippen molar-refractivity contribution in [1.82, 2.24) is 15.1 Å². The van der Waals surface area contributed by atoms with Gasteiger partial charge in [-0.3, -0.25) is 14.5 Å². The van der Waals surface area contributed by atoms with Crippen LogP contribution in [0.2, 0.25) is 0 Å². The van der Waals surface area contributed by atoms with Crippen molar-refractivity contribution >= 4 is 17.8 Å². The van der Waals surface area contributed by atoms with Crippen molar-refractivity contribution in [3.63, 3.8) is 0 Å². The summed E-state index contributed by atoms with van der Waals surface area (Å²) in [4.78, 5) is 41.1. The quantitative estimate of drug-likeness (QED) is 0.608. The Balaban J connectivity index is 1.52. The zero-order valence-electron chi connectivity index (χ0n) is 16.4. The highest BCUT2D eigenvalue weighted by atomic mass is 16.3. The van der Waals surface area contributed by atoms with Crippen molar-refractivity contribution in [3.8, 4) is 0 Å². The van der Waals surface area contributed by atoms with E-state index in [4.69, 9.17) is 8.83 Å². The number of nitrogens with zero attached hydrogens (tertiary/aromatic N) is 2. The first-order chi connectivity index (χ1) is 14.5. The van der Waals surface area contributed by atoms with Crippen LogP contribution in [0.15, 0.2) is 76.0 Å². The average Bonchev–Trinajstić information content (AvgIpc) is 3.48. The lowest BCUT2D eigenvalue weighted by molar-refractivity contribution is -0.139. The van der Waals surface area contributed by atoms with E-state index in [1.165, 1.54) is 17.4 Å². The first-order valence-electron chi connectivity index (χ1n) is 9.49. The van der Waals surface area contributed by atoms with Crippen molar-refractivity contribution in [2.45, 2.75) is 25.6 Å². The lowest BCUT2D eigenvalue weighted by atomic mass is 9.92. The van der Waals surface area contributed by atoms with Gasteiger partial charge in [-0.05, 0) is 36.8 Å². The van der Waals surface area contributed by atoms with E-state index in [-0.39, 0.29) is 19.6 Å². The number of nitrogens with one attached hydrogen (secondary N) is 1. The fraction of sp³-hybridized carbons (Fsp3) is 0.227. The maximum atomic E-state index is 13.1. The van der Waals surface area contributed by atoms with E-state index in [2.05, 4.69) is 5.32 Å². The zero-order chi connectivity index (χ0) is 21.1. The first-order valence-corrected chi connectivity index (χ1v) is 9.49. The van der Waals surface area contributed by atoms with Gasteiger partial charge >= 0.3 is 6.03 Å². The minimum absolute atomic E-state index is 0.187. The summed E-state index contributed by atoms with van der Waals surface area (Å²) in [5.74, 6) is 0.300. The summed E-state index contributed by atoms with van der Waals surface area (Å²) in [7, 11) is 0. The summed E-state index contributed by atoms with van der Waals surface area (Å²) in [6, 6.07) is 15.3. The van der Waals surface area contributed by atoms with Crippen LogP contribution >= 0.6 is 0 Å². The number of rotatable bonds is 7. The highest BCUT2D eigenvalue weighted by Gasteiger charge is 2.49. The van der Waals surface area contributed by atoms with Crippen molar-refractivity contribution in [2.75, 3.05) is 6.54 Å². The van der Waals surface area contributed by atoms with Gasteiger partial charge in [0.25, 0.3) is 5.91 Å². The lowest BCUT2D eigenvalue weighted by Crippen LogP contribution is -2.44. The Morgan fingerprint density at radius 3 is 2.10 bits per heavy atom. The van der Waals surface area contributed by atoms with Gasteiger partial charge in [0, 0.05) is 0 Å². The molecule has 1 aliphatic rings. The molecule has 1 saturated heterocycles. The number of imide groups is 1. The average molecular weight is 407 g/mol. The van der Waals surface area contributed by atoms with Crippen LogP contribution in [-0.4, -0.2) is 34.2 Å². The molecule has 1 aromatic carbocycles. The van der Waals surface area contributed by atoms with E-state index in [1.807, 2.05) is 6.07 Å². The summed E-state index contributed by atoms with van der Waals surface area (Å²) in [6.45, 7) is 1.63. The Morgan fingerprint density at radius 2 is 1.57 bits per heavy atom. The molecule has 0 aliphatic carbocycles. The third-order valence-electron chi connectivity index (χ3n) is 5.13. The molecule has 0 spiro atoms. The van der Waals surface area contributed by atoms with Crippen LogP contribution in [0.4, 0.5) is 4.79 Å². The van der Waals surface area contributed by atoms with Crippen molar-refractivity contribution < 1.29 is 23.2 Å². The minimum atomic E-state index is -1.22. The molecule has 1 aliphatic heterocycles. The van der Waals surface area contributed by atoms with Gasteiger partial charge in [-0.2, -0.15) is 0 Å². The van der Waals surface area contributed by atoms with E-state index in [1.54, 1.807) is 55.5 Å². The van der Waals surface area contributed by atoms with E-state index in [9.17, 15) is 14.4 Å². The number of amides is 4. The number of furan rings is 2. The monoisotopic (exact) mass is 407 g/mol. The molecule has 3 heterocycles. The second kappa shape index (κ2) is 7.90. The van der Waals surface area contributed by atoms with Crippen molar-refractivity contribution in [3.05, 3.63) is 84.2 Å². The fourth-order valence-electron chi connectivity index (χ4n) is 3.46. The number of hydrogen-bond donors (Lipinski definition) is 1. The highest BCUT2D eigenvalue weighted by molar-refractivity contribution is 6.09. The Morgan fingerprint density at radius 1 is 0.967 bits per heavy atom. The highest BCUT2D eigenvalue weighted by Crippen LogP contribution is 2.28. The smallest absolute Gasteiger partial charge is 0.325 e. The fourth-order valence-corrected chi connectivity index (χ4v) is 3.46. The molecule has 1 unspecified atom stereocenters. The standard InChI is InChI=1S/C22H21N3O5/c1-22(16-7-3-2-4-8-16)20(27)25(21(28)23-22)15-19(26)24(13-17-9-5-11-29-17)14-18-10-6-12-30-18/h2-12H,13-15H2,1H3,(H,23,28). The molecule has 154 valence electrons. The molecule has 3 aromatic rings. The molecule has 0 radical (unpaired) electrons.